The molecule has 1 heterocycles. The molecule has 2 rings (SSSR count). The van der Waals surface area contributed by atoms with E-state index in [-0.39, 0.29) is 5.91 Å². The minimum atomic E-state index is -0.242. The van der Waals surface area contributed by atoms with Crippen LogP contribution in [-0.2, 0) is 4.74 Å². The van der Waals surface area contributed by atoms with Gasteiger partial charge in [0, 0.05) is 12.7 Å². The summed E-state index contributed by atoms with van der Waals surface area (Å²) in [5, 5.41) is 3.12. The minimum Gasteiger partial charge on any atom is -0.490 e. The van der Waals surface area contributed by atoms with Crippen LogP contribution in [-0.4, -0.2) is 31.2 Å². The normalized spacial score (nSPS) is 10.3. The summed E-state index contributed by atoms with van der Waals surface area (Å²) in [7, 11) is 1.61. The van der Waals surface area contributed by atoms with Gasteiger partial charge in [-0.25, -0.2) is 4.98 Å². The molecule has 22 heavy (non-hydrogen) atoms. The molecule has 0 spiro atoms. The highest BCUT2D eigenvalue weighted by molar-refractivity contribution is 9.10. The van der Waals surface area contributed by atoms with Crippen LogP contribution in [0.25, 0.3) is 0 Å². The van der Waals surface area contributed by atoms with Crippen molar-refractivity contribution in [1.29, 1.82) is 0 Å². The van der Waals surface area contributed by atoms with E-state index in [1.807, 2.05) is 0 Å². The molecular formula is C15H14BrClN2O3. The van der Waals surface area contributed by atoms with Crippen LogP contribution in [0, 0.1) is 0 Å². The van der Waals surface area contributed by atoms with Gasteiger partial charge in [-0.1, -0.05) is 11.6 Å². The molecular weight excluding hydrogens is 372 g/mol. The first kappa shape index (κ1) is 16.7. The summed E-state index contributed by atoms with van der Waals surface area (Å²) in [4.78, 5) is 16.1. The maximum absolute atomic E-state index is 12.2. The molecule has 0 bridgehead atoms. The zero-order valence-corrected chi connectivity index (χ0v) is 14.1. The number of hydrogen-bond acceptors (Lipinski definition) is 4. The van der Waals surface area contributed by atoms with Gasteiger partial charge in [0.25, 0.3) is 5.91 Å². The van der Waals surface area contributed by atoms with Crippen molar-refractivity contribution in [2.75, 3.05) is 25.6 Å². The largest absolute Gasteiger partial charge is 0.490 e. The molecule has 0 saturated carbocycles. The smallest absolute Gasteiger partial charge is 0.255 e. The Bertz CT molecular complexity index is 650. The molecule has 2 aromatic rings. The second-order valence-electron chi connectivity index (χ2n) is 4.31. The molecule has 0 saturated heterocycles. The summed E-state index contributed by atoms with van der Waals surface area (Å²) < 4.78 is 11.1. The number of nitrogens with one attached hydrogen (secondary N) is 1. The van der Waals surface area contributed by atoms with Crippen LogP contribution in [0.15, 0.2) is 41.0 Å². The molecule has 0 unspecified atom stereocenters. The fourth-order valence-corrected chi connectivity index (χ4v) is 2.25. The van der Waals surface area contributed by atoms with Crippen LogP contribution in [0.4, 0.5) is 5.69 Å². The van der Waals surface area contributed by atoms with Crippen molar-refractivity contribution in [2.24, 2.45) is 0 Å². The van der Waals surface area contributed by atoms with Crippen LogP contribution in [0.5, 0.6) is 5.75 Å². The summed E-state index contributed by atoms with van der Waals surface area (Å²) in [6.07, 6.45) is 1.50. The highest BCUT2D eigenvalue weighted by atomic mass is 79.9. The van der Waals surface area contributed by atoms with Gasteiger partial charge in [-0.05, 0) is 46.3 Å². The Balaban J connectivity index is 2.03. The predicted molar refractivity (Wildman–Crippen MR) is 88.7 cm³/mol. The predicted octanol–water partition coefficient (Wildman–Crippen LogP) is 3.78. The molecule has 0 fully saturated rings. The fraction of sp³-hybridized carbons (Fsp3) is 0.200. The third-order valence-electron chi connectivity index (χ3n) is 2.72. The highest BCUT2D eigenvalue weighted by Crippen LogP contribution is 2.26. The number of hydrogen-bond donors (Lipinski definition) is 1. The van der Waals surface area contributed by atoms with Crippen molar-refractivity contribution < 1.29 is 14.3 Å². The molecule has 7 heteroatoms. The Kier molecular flexibility index (Phi) is 6.18. The lowest BCUT2D eigenvalue weighted by Crippen LogP contribution is -2.12. The number of anilines is 1. The lowest BCUT2D eigenvalue weighted by Gasteiger charge is -2.10. The van der Waals surface area contributed by atoms with E-state index in [9.17, 15) is 4.79 Å². The van der Waals surface area contributed by atoms with Crippen LogP contribution in [0.3, 0.4) is 0 Å². The van der Waals surface area contributed by atoms with E-state index in [0.717, 1.165) is 0 Å². The number of carbonyl (C=O) groups excluding carboxylic acids is 1. The number of halogens is 2. The SMILES string of the molecule is COCCOc1ccc(C(=O)Nc2ccc(Cl)nc2)cc1Br. The topological polar surface area (TPSA) is 60.5 Å². The van der Waals surface area contributed by atoms with Crippen molar-refractivity contribution in [2.45, 2.75) is 0 Å². The van der Waals surface area contributed by atoms with E-state index in [4.69, 9.17) is 21.1 Å². The number of rotatable bonds is 6. The Labute approximate surface area is 141 Å². The highest BCUT2D eigenvalue weighted by Gasteiger charge is 2.10. The van der Waals surface area contributed by atoms with Gasteiger partial charge in [0.2, 0.25) is 0 Å². The zero-order chi connectivity index (χ0) is 15.9. The number of amides is 1. The second-order valence-corrected chi connectivity index (χ2v) is 5.55. The first-order valence-electron chi connectivity index (χ1n) is 6.44. The van der Waals surface area contributed by atoms with Crippen LogP contribution >= 0.6 is 27.5 Å². The standard InChI is InChI=1S/C15H14BrClN2O3/c1-21-6-7-22-13-4-2-10(8-12(13)16)15(20)19-11-3-5-14(17)18-9-11/h2-5,8-9H,6-7H2,1H3,(H,19,20). The van der Waals surface area contributed by atoms with E-state index < -0.39 is 0 Å². The van der Waals surface area contributed by atoms with Gasteiger partial charge in [0.05, 0.1) is 23.0 Å². The van der Waals surface area contributed by atoms with E-state index in [0.29, 0.717) is 39.8 Å². The molecule has 0 aliphatic rings. The molecule has 0 atom stereocenters. The Hall–Kier alpha value is -1.63. The monoisotopic (exact) mass is 384 g/mol. The first-order valence-corrected chi connectivity index (χ1v) is 7.61. The molecule has 1 N–H and O–H groups in total. The Morgan fingerprint density at radius 2 is 2.14 bits per heavy atom. The lowest BCUT2D eigenvalue weighted by atomic mass is 10.2. The van der Waals surface area contributed by atoms with Crippen LogP contribution in [0.1, 0.15) is 10.4 Å². The van der Waals surface area contributed by atoms with Crippen molar-refractivity contribution in [3.63, 3.8) is 0 Å². The number of ether oxygens (including phenoxy) is 2. The quantitative estimate of drug-likeness (QED) is 0.607. The average Bonchev–Trinajstić information content (AvgIpc) is 2.51. The van der Waals surface area contributed by atoms with Gasteiger partial charge >= 0.3 is 0 Å². The third kappa shape index (κ3) is 4.69. The van der Waals surface area contributed by atoms with Gasteiger partial charge < -0.3 is 14.8 Å². The summed E-state index contributed by atoms with van der Waals surface area (Å²) in [5.41, 5.74) is 1.08. The van der Waals surface area contributed by atoms with Crippen molar-refractivity contribution in [1.82, 2.24) is 4.98 Å². The van der Waals surface area contributed by atoms with E-state index in [2.05, 4.69) is 26.2 Å². The van der Waals surface area contributed by atoms with Crippen molar-refractivity contribution in [3.8, 4) is 5.75 Å². The van der Waals surface area contributed by atoms with E-state index in [1.54, 1.807) is 37.4 Å². The van der Waals surface area contributed by atoms with Gasteiger partial charge in [-0.3, -0.25) is 4.79 Å². The van der Waals surface area contributed by atoms with Gasteiger partial charge in [-0.15, -0.1) is 0 Å². The van der Waals surface area contributed by atoms with E-state index in [1.165, 1.54) is 6.20 Å². The van der Waals surface area contributed by atoms with Gasteiger partial charge in [0.15, 0.2) is 0 Å². The Morgan fingerprint density at radius 3 is 2.77 bits per heavy atom. The number of methoxy groups -OCH3 is 1. The molecule has 1 aromatic heterocycles. The summed E-state index contributed by atoms with van der Waals surface area (Å²) >= 11 is 9.09. The van der Waals surface area contributed by atoms with Crippen LogP contribution in [0.2, 0.25) is 5.15 Å². The number of pyridine rings is 1. The number of benzene rings is 1. The summed E-state index contributed by atoms with van der Waals surface area (Å²) in [5.74, 6) is 0.412. The third-order valence-corrected chi connectivity index (χ3v) is 3.57. The first-order chi connectivity index (χ1) is 10.6. The number of aromatic nitrogens is 1. The maximum atomic E-state index is 12.2. The molecule has 0 aliphatic heterocycles. The minimum absolute atomic E-state index is 0.242. The molecule has 5 nitrogen and oxygen atoms in total. The maximum Gasteiger partial charge on any atom is 0.255 e. The number of carbonyl (C=O) groups is 1. The zero-order valence-electron chi connectivity index (χ0n) is 11.8. The van der Waals surface area contributed by atoms with Gasteiger partial charge in [-0.2, -0.15) is 0 Å². The van der Waals surface area contributed by atoms with Crippen molar-refractivity contribution in [3.05, 3.63) is 51.7 Å². The molecule has 0 radical (unpaired) electrons. The molecule has 1 amide bonds. The molecule has 116 valence electrons. The average molecular weight is 386 g/mol. The lowest BCUT2D eigenvalue weighted by molar-refractivity contribution is 0.102. The molecule has 1 aromatic carbocycles. The molecule has 0 aliphatic carbocycles. The summed E-state index contributed by atoms with van der Waals surface area (Å²) in [6, 6.07) is 8.41. The Morgan fingerprint density at radius 1 is 1.32 bits per heavy atom. The number of nitrogens with zero attached hydrogens (tertiary/aromatic N) is 1. The van der Waals surface area contributed by atoms with Gasteiger partial charge in [0.1, 0.15) is 17.5 Å². The van der Waals surface area contributed by atoms with Crippen LogP contribution < -0.4 is 10.1 Å². The fourth-order valence-electron chi connectivity index (χ4n) is 1.65. The summed E-state index contributed by atoms with van der Waals surface area (Å²) in [6.45, 7) is 0.940. The van der Waals surface area contributed by atoms with E-state index >= 15 is 0 Å². The second kappa shape index (κ2) is 8.12. The van der Waals surface area contributed by atoms with Crippen molar-refractivity contribution >= 4 is 39.1 Å².